The number of aryl methyl sites for hydroxylation is 3. The molecule has 27 heavy (non-hydrogen) atoms. The van der Waals surface area contributed by atoms with Crippen LogP contribution in [0.1, 0.15) is 48.0 Å². The van der Waals surface area contributed by atoms with Crippen LogP contribution in [0, 0.1) is 20.8 Å². The highest BCUT2D eigenvalue weighted by Gasteiger charge is 2.16. The van der Waals surface area contributed by atoms with Crippen molar-refractivity contribution in [3.05, 3.63) is 46.1 Å². The van der Waals surface area contributed by atoms with Gasteiger partial charge in [0, 0.05) is 16.0 Å². The molecule has 1 aromatic carbocycles. The molecule has 0 saturated carbocycles. The lowest BCUT2D eigenvalue weighted by atomic mass is 9.97. The van der Waals surface area contributed by atoms with Gasteiger partial charge in [0.15, 0.2) is 0 Å². The maximum Gasteiger partial charge on any atom is 0.234 e. The molecule has 3 aromatic rings. The standard InChI is InChI=1S/C21H25N3OS2/c1-6-12(2)16-9-7-8-10-17(16)24-18(25)11-26-20-19-13(3)14(4)27-21(19)23-15(5)22-20/h7-10,12H,6,11H2,1-5H3,(H,24,25)/t12-/m0/s1. The van der Waals surface area contributed by atoms with Gasteiger partial charge in [-0.25, -0.2) is 9.97 Å². The molecule has 0 unspecified atom stereocenters. The molecule has 2 heterocycles. The molecule has 2 aromatic heterocycles. The molecule has 0 fully saturated rings. The summed E-state index contributed by atoms with van der Waals surface area (Å²) in [6, 6.07) is 8.05. The molecule has 0 spiro atoms. The minimum absolute atomic E-state index is 0.00947. The summed E-state index contributed by atoms with van der Waals surface area (Å²) in [4.78, 5) is 24.0. The maximum absolute atomic E-state index is 12.6. The molecule has 1 amide bonds. The van der Waals surface area contributed by atoms with Crippen molar-refractivity contribution >= 4 is 44.9 Å². The molecule has 1 atom stereocenters. The van der Waals surface area contributed by atoms with Gasteiger partial charge in [-0.05, 0) is 50.3 Å². The fourth-order valence-electron chi connectivity index (χ4n) is 3.00. The highest BCUT2D eigenvalue weighted by Crippen LogP contribution is 2.35. The summed E-state index contributed by atoms with van der Waals surface area (Å²) in [7, 11) is 0. The quantitative estimate of drug-likeness (QED) is 0.416. The van der Waals surface area contributed by atoms with E-state index in [2.05, 4.69) is 49.0 Å². The van der Waals surface area contributed by atoms with E-state index in [-0.39, 0.29) is 5.91 Å². The molecular formula is C21H25N3OS2. The van der Waals surface area contributed by atoms with E-state index in [1.807, 2.05) is 25.1 Å². The zero-order valence-corrected chi connectivity index (χ0v) is 18.1. The summed E-state index contributed by atoms with van der Waals surface area (Å²) in [6.45, 7) is 10.4. The number of amides is 1. The van der Waals surface area contributed by atoms with Crippen molar-refractivity contribution in [1.29, 1.82) is 0 Å². The lowest BCUT2D eigenvalue weighted by Crippen LogP contribution is -2.16. The van der Waals surface area contributed by atoms with Crippen molar-refractivity contribution in [3.63, 3.8) is 0 Å². The molecular weight excluding hydrogens is 374 g/mol. The molecule has 0 radical (unpaired) electrons. The van der Waals surface area contributed by atoms with Gasteiger partial charge >= 0.3 is 0 Å². The number of thioether (sulfide) groups is 1. The second-order valence-corrected chi connectivity index (χ2v) is 8.94. The first-order valence-electron chi connectivity index (χ1n) is 9.16. The number of fused-ring (bicyclic) bond motifs is 1. The molecule has 6 heteroatoms. The Balaban J connectivity index is 1.77. The fraction of sp³-hybridized carbons (Fsp3) is 0.381. The lowest BCUT2D eigenvalue weighted by molar-refractivity contribution is -0.113. The molecule has 3 rings (SSSR count). The molecule has 0 aliphatic heterocycles. The largest absolute Gasteiger partial charge is 0.325 e. The maximum atomic E-state index is 12.6. The number of hydrogen-bond donors (Lipinski definition) is 1. The third kappa shape index (κ3) is 4.33. The number of aromatic nitrogens is 2. The number of carbonyl (C=O) groups excluding carboxylic acids is 1. The summed E-state index contributed by atoms with van der Waals surface area (Å²) in [5, 5.41) is 5.06. The third-order valence-electron chi connectivity index (χ3n) is 4.83. The Morgan fingerprint density at radius 2 is 1.96 bits per heavy atom. The van der Waals surface area contributed by atoms with Crippen LogP contribution in [0.2, 0.25) is 0 Å². The Morgan fingerprint density at radius 1 is 1.22 bits per heavy atom. The number of thiophene rings is 1. The monoisotopic (exact) mass is 399 g/mol. The SMILES string of the molecule is CC[C@H](C)c1ccccc1NC(=O)CSc1nc(C)nc2sc(C)c(C)c12. The van der Waals surface area contributed by atoms with Crippen molar-refractivity contribution in [2.75, 3.05) is 11.1 Å². The molecule has 0 aliphatic rings. The van der Waals surface area contributed by atoms with Crippen LogP contribution in [-0.2, 0) is 4.79 Å². The van der Waals surface area contributed by atoms with Crippen LogP contribution < -0.4 is 5.32 Å². The van der Waals surface area contributed by atoms with E-state index in [1.54, 1.807) is 11.3 Å². The number of benzene rings is 1. The van der Waals surface area contributed by atoms with Crippen LogP contribution in [-0.4, -0.2) is 21.6 Å². The number of nitrogens with one attached hydrogen (secondary N) is 1. The van der Waals surface area contributed by atoms with E-state index in [4.69, 9.17) is 0 Å². The molecule has 0 aliphatic carbocycles. The first kappa shape index (κ1) is 19.8. The Kier molecular flexibility index (Phi) is 6.17. The van der Waals surface area contributed by atoms with Gasteiger partial charge in [-0.15, -0.1) is 11.3 Å². The van der Waals surface area contributed by atoms with Crippen molar-refractivity contribution in [2.24, 2.45) is 0 Å². The number of para-hydroxylation sites is 1. The van der Waals surface area contributed by atoms with Crippen LogP contribution in [0.5, 0.6) is 0 Å². The van der Waals surface area contributed by atoms with Crippen molar-refractivity contribution in [3.8, 4) is 0 Å². The minimum Gasteiger partial charge on any atom is -0.325 e. The van der Waals surface area contributed by atoms with Crippen LogP contribution in [0.15, 0.2) is 29.3 Å². The zero-order chi connectivity index (χ0) is 19.6. The predicted molar refractivity (Wildman–Crippen MR) is 116 cm³/mol. The Bertz CT molecular complexity index is 981. The molecule has 0 bridgehead atoms. The van der Waals surface area contributed by atoms with Crippen molar-refractivity contribution in [2.45, 2.75) is 52.0 Å². The van der Waals surface area contributed by atoms with E-state index >= 15 is 0 Å². The van der Waals surface area contributed by atoms with E-state index in [9.17, 15) is 4.79 Å². The van der Waals surface area contributed by atoms with E-state index in [0.29, 0.717) is 11.7 Å². The first-order chi connectivity index (χ1) is 12.9. The fourth-order valence-corrected chi connectivity index (χ4v) is 5.07. The lowest BCUT2D eigenvalue weighted by Gasteiger charge is -2.15. The van der Waals surface area contributed by atoms with Crippen LogP contribution in [0.25, 0.3) is 10.2 Å². The van der Waals surface area contributed by atoms with Gasteiger partial charge in [-0.2, -0.15) is 0 Å². The molecule has 142 valence electrons. The van der Waals surface area contributed by atoms with Gasteiger partial charge in [0.1, 0.15) is 15.7 Å². The Labute approximate surface area is 168 Å². The normalized spacial score (nSPS) is 12.3. The van der Waals surface area contributed by atoms with Crippen molar-refractivity contribution < 1.29 is 4.79 Å². The number of rotatable bonds is 6. The molecule has 1 N–H and O–H groups in total. The Hall–Kier alpha value is -1.92. The predicted octanol–water partition coefficient (Wildman–Crippen LogP) is 5.86. The number of nitrogens with zero attached hydrogens (tertiary/aromatic N) is 2. The van der Waals surface area contributed by atoms with Crippen molar-refractivity contribution in [1.82, 2.24) is 9.97 Å². The van der Waals surface area contributed by atoms with Gasteiger partial charge < -0.3 is 5.32 Å². The summed E-state index contributed by atoms with van der Waals surface area (Å²) in [5.74, 6) is 1.47. The summed E-state index contributed by atoms with van der Waals surface area (Å²) >= 11 is 3.17. The van der Waals surface area contributed by atoms with E-state index in [0.717, 1.165) is 33.2 Å². The van der Waals surface area contributed by atoms with Gasteiger partial charge in [0.25, 0.3) is 0 Å². The molecule has 4 nitrogen and oxygen atoms in total. The van der Waals surface area contributed by atoms with Crippen LogP contribution >= 0.6 is 23.1 Å². The number of hydrogen-bond acceptors (Lipinski definition) is 5. The summed E-state index contributed by atoms with van der Waals surface area (Å²) < 4.78 is 0. The zero-order valence-electron chi connectivity index (χ0n) is 16.4. The highest BCUT2D eigenvalue weighted by molar-refractivity contribution is 8.00. The number of anilines is 1. The topological polar surface area (TPSA) is 54.9 Å². The van der Waals surface area contributed by atoms with Gasteiger partial charge in [0.05, 0.1) is 5.75 Å². The minimum atomic E-state index is -0.00947. The average Bonchev–Trinajstić information content (AvgIpc) is 2.93. The second-order valence-electron chi connectivity index (χ2n) is 6.77. The van der Waals surface area contributed by atoms with Gasteiger partial charge in [-0.1, -0.05) is 43.8 Å². The Morgan fingerprint density at radius 3 is 2.70 bits per heavy atom. The summed E-state index contributed by atoms with van der Waals surface area (Å²) in [5.41, 5.74) is 3.30. The van der Waals surface area contributed by atoms with Gasteiger partial charge in [0.2, 0.25) is 5.91 Å². The smallest absolute Gasteiger partial charge is 0.234 e. The van der Waals surface area contributed by atoms with E-state index in [1.165, 1.54) is 27.8 Å². The van der Waals surface area contributed by atoms with Gasteiger partial charge in [-0.3, -0.25) is 4.79 Å². The second kappa shape index (κ2) is 8.40. The van der Waals surface area contributed by atoms with Crippen LogP contribution in [0.4, 0.5) is 5.69 Å². The average molecular weight is 400 g/mol. The third-order valence-corrected chi connectivity index (χ3v) is 6.90. The number of carbonyl (C=O) groups is 1. The van der Waals surface area contributed by atoms with E-state index < -0.39 is 0 Å². The summed E-state index contributed by atoms with van der Waals surface area (Å²) in [6.07, 6.45) is 1.04. The highest BCUT2D eigenvalue weighted by atomic mass is 32.2. The van der Waals surface area contributed by atoms with Crippen LogP contribution in [0.3, 0.4) is 0 Å². The first-order valence-corrected chi connectivity index (χ1v) is 11.0. The molecule has 0 saturated heterocycles.